The Hall–Kier alpha value is -5.18. The number of fused-ring (bicyclic) bond motifs is 3. The Labute approximate surface area is 247 Å². The van der Waals surface area contributed by atoms with Gasteiger partial charge >= 0.3 is 0 Å². The molecule has 1 heterocycles. The Morgan fingerprint density at radius 3 is 1.95 bits per heavy atom. The van der Waals surface area contributed by atoms with Crippen molar-refractivity contribution in [3.05, 3.63) is 152 Å². The van der Waals surface area contributed by atoms with E-state index in [1.807, 2.05) is 11.3 Å². The van der Waals surface area contributed by atoms with Crippen LogP contribution in [-0.2, 0) is 0 Å². The minimum absolute atomic E-state index is 1.15. The Bertz CT molecular complexity index is 2400. The number of thiophene rings is 1. The highest BCUT2D eigenvalue weighted by Gasteiger charge is 2.21. The third kappa shape index (κ3) is 3.49. The number of anilines is 3. The number of hydrogen-bond acceptors (Lipinski definition) is 2. The summed E-state index contributed by atoms with van der Waals surface area (Å²) in [6, 6.07) is 55.5. The van der Waals surface area contributed by atoms with Gasteiger partial charge in [-0.2, -0.15) is 0 Å². The second-order valence-electron chi connectivity index (χ2n) is 10.9. The van der Waals surface area contributed by atoms with Gasteiger partial charge in [-0.25, -0.2) is 0 Å². The third-order valence-electron chi connectivity index (χ3n) is 8.58. The van der Waals surface area contributed by atoms with E-state index in [0.717, 1.165) is 5.69 Å². The molecule has 0 saturated carbocycles. The van der Waals surface area contributed by atoms with E-state index in [0.29, 0.717) is 0 Å². The number of nitrogens with zero attached hydrogens (tertiary/aromatic N) is 1. The molecule has 8 aromatic carbocycles. The minimum Gasteiger partial charge on any atom is -0.308 e. The summed E-state index contributed by atoms with van der Waals surface area (Å²) in [7, 11) is 0. The summed E-state index contributed by atoms with van der Waals surface area (Å²) >= 11 is 1.88. The van der Waals surface area contributed by atoms with Crippen molar-refractivity contribution < 1.29 is 0 Å². The Balaban J connectivity index is 1.38. The molecule has 1 nitrogen and oxygen atoms in total. The topological polar surface area (TPSA) is 3.24 Å². The van der Waals surface area contributed by atoms with E-state index in [1.165, 1.54) is 75.0 Å². The van der Waals surface area contributed by atoms with Crippen LogP contribution in [0.2, 0.25) is 0 Å². The molecule has 0 fully saturated rings. The van der Waals surface area contributed by atoms with Crippen LogP contribution in [0.25, 0.3) is 63.6 Å². The summed E-state index contributed by atoms with van der Waals surface area (Å²) < 4.78 is 2.61. The lowest BCUT2D eigenvalue weighted by atomic mass is 9.93. The van der Waals surface area contributed by atoms with Crippen molar-refractivity contribution in [1.82, 2.24) is 0 Å². The lowest BCUT2D eigenvalue weighted by Crippen LogP contribution is -2.11. The zero-order chi connectivity index (χ0) is 27.6. The summed E-state index contributed by atoms with van der Waals surface area (Å²) in [5.74, 6) is 0. The van der Waals surface area contributed by atoms with Gasteiger partial charge in [0.1, 0.15) is 0 Å². The molecule has 0 radical (unpaired) electrons. The highest BCUT2D eigenvalue weighted by atomic mass is 32.1. The molecule has 1 aromatic heterocycles. The molecule has 0 atom stereocenters. The van der Waals surface area contributed by atoms with Crippen LogP contribution < -0.4 is 4.90 Å². The van der Waals surface area contributed by atoms with Gasteiger partial charge in [-0.15, -0.1) is 11.3 Å². The molecule has 0 saturated heterocycles. The van der Waals surface area contributed by atoms with Gasteiger partial charge in [-0.3, -0.25) is 0 Å². The van der Waals surface area contributed by atoms with Crippen LogP contribution in [0.1, 0.15) is 0 Å². The van der Waals surface area contributed by atoms with Crippen LogP contribution >= 0.6 is 11.3 Å². The molecule has 9 aromatic rings. The first-order valence-electron chi connectivity index (χ1n) is 14.4. The van der Waals surface area contributed by atoms with E-state index in [4.69, 9.17) is 0 Å². The first kappa shape index (κ1) is 23.5. The summed E-state index contributed by atoms with van der Waals surface area (Å²) in [6.07, 6.45) is 0. The SMILES string of the molecule is c1ccc(-c2cccc(N(c3ccc4ccc5cccc6ccc3c4c56)c3cccc4c3sc3ccccc34)c2)cc1. The monoisotopic (exact) mass is 551 g/mol. The van der Waals surface area contributed by atoms with Gasteiger partial charge in [-0.1, -0.05) is 121 Å². The lowest BCUT2D eigenvalue weighted by molar-refractivity contribution is 1.32. The second-order valence-corrected chi connectivity index (χ2v) is 12.0. The van der Waals surface area contributed by atoms with Crippen molar-refractivity contribution in [3.8, 4) is 11.1 Å². The van der Waals surface area contributed by atoms with Crippen LogP contribution in [0.15, 0.2) is 152 Å². The Morgan fingerprint density at radius 2 is 1.07 bits per heavy atom. The van der Waals surface area contributed by atoms with Gasteiger partial charge in [0.25, 0.3) is 0 Å². The fourth-order valence-electron chi connectivity index (χ4n) is 6.69. The maximum atomic E-state index is 2.48. The zero-order valence-electron chi connectivity index (χ0n) is 22.8. The average molecular weight is 552 g/mol. The summed E-state index contributed by atoms with van der Waals surface area (Å²) in [5, 5.41) is 10.4. The molecular formula is C40H25NS. The molecular weight excluding hydrogens is 527 g/mol. The molecule has 0 unspecified atom stereocenters. The molecule has 0 aliphatic carbocycles. The Kier molecular flexibility index (Phi) is 5.13. The van der Waals surface area contributed by atoms with Crippen LogP contribution in [0.5, 0.6) is 0 Å². The molecule has 0 bridgehead atoms. The maximum absolute atomic E-state index is 2.48. The van der Waals surface area contributed by atoms with Gasteiger partial charge in [0.05, 0.1) is 16.1 Å². The van der Waals surface area contributed by atoms with E-state index in [9.17, 15) is 0 Å². The quantitative estimate of drug-likeness (QED) is 0.197. The highest BCUT2D eigenvalue weighted by molar-refractivity contribution is 7.26. The summed E-state index contributed by atoms with van der Waals surface area (Å²) in [5.41, 5.74) is 5.97. The molecule has 2 heteroatoms. The van der Waals surface area contributed by atoms with Crippen molar-refractivity contribution in [2.24, 2.45) is 0 Å². The predicted molar refractivity (Wildman–Crippen MR) is 183 cm³/mol. The average Bonchev–Trinajstić information content (AvgIpc) is 3.44. The van der Waals surface area contributed by atoms with Crippen molar-refractivity contribution in [1.29, 1.82) is 0 Å². The third-order valence-corrected chi connectivity index (χ3v) is 9.79. The van der Waals surface area contributed by atoms with E-state index >= 15 is 0 Å². The summed E-state index contributed by atoms with van der Waals surface area (Å²) in [6.45, 7) is 0. The minimum atomic E-state index is 1.15. The first-order valence-corrected chi connectivity index (χ1v) is 15.2. The fraction of sp³-hybridized carbons (Fsp3) is 0. The first-order chi connectivity index (χ1) is 20.8. The van der Waals surface area contributed by atoms with Crippen LogP contribution in [-0.4, -0.2) is 0 Å². The van der Waals surface area contributed by atoms with E-state index < -0.39 is 0 Å². The smallest absolute Gasteiger partial charge is 0.0640 e. The number of benzene rings is 8. The maximum Gasteiger partial charge on any atom is 0.0640 e. The number of hydrogen-bond donors (Lipinski definition) is 0. The van der Waals surface area contributed by atoms with Crippen molar-refractivity contribution in [2.75, 3.05) is 4.90 Å². The lowest BCUT2D eigenvalue weighted by Gasteiger charge is -2.28. The van der Waals surface area contributed by atoms with Gasteiger partial charge in [0, 0.05) is 26.5 Å². The van der Waals surface area contributed by atoms with Crippen molar-refractivity contribution in [3.63, 3.8) is 0 Å². The normalized spacial score (nSPS) is 11.8. The molecule has 0 amide bonds. The van der Waals surface area contributed by atoms with Gasteiger partial charge in [-0.05, 0) is 68.4 Å². The molecule has 42 heavy (non-hydrogen) atoms. The summed E-state index contributed by atoms with van der Waals surface area (Å²) in [4.78, 5) is 2.48. The molecule has 9 rings (SSSR count). The van der Waals surface area contributed by atoms with Crippen LogP contribution in [0.3, 0.4) is 0 Å². The largest absolute Gasteiger partial charge is 0.308 e. The van der Waals surface area contributed by atoms with Crippen LogP contribution in [0.4, 0.5) is 17.1 Å². The van der Waals surface area contributed by atoms with Crippen molar-refractivity contribution in [2.45, 2.75) is 0 Å². The Morgan fingerprint density at radius 1 is 0.405 bits per heavy atom. The fourth-order valence-corrected chi connectivity index (χ4v) is 7.89. The second kappa shape index (κ2) is 9.17. The molecule has 0 N–H and O–H groups in total. The molecule has 196 valence electrons. The van der Waals surface area contributed by atoms with E-state index in [1.54, 1.807) is 0 Å². The van der Waals surface area contributed by atoms with E-state index in [2.05, 4.69) is 157 Å². The number of rotatable bonds is 4. The van der Waals surface area contributed by atoms with Gasteiger partial charge in [0.2, 0.25) is 0 Å². The predicted octanol–water partition coefficient (Wildman–Crippen LogP) is 12.1. The molecule has 0 aliphatic rings. The van der Waals surface area contributed by atoms with Crippen LogP contribution in [0, 0.1) is 0 Å². The standard InChI is InChI=1S/C40H25NS/c1-2-9-26(10-3-1)30-13-7-14-31(25-30)41(36-17-8-16-33-32-15-4-5-18-37(32)42-40(33)36)35-24-22-29-20-19-27-11-6-12-28-21-23-34(35)39(29)38(27)28/h1-25H. The van der Waals surface area contributed by atoms with Crippen molar-refractivity contribution >= 4 is 80.9 Å². The zero-order valence-corrected chi connectivity index (χ0v) is 23.6. The van der Waals surface area contributed by atoms with Gasteiger partial charge < -0.3 is 4.90 Å². The molecule has 0 aliphatic heterocycles. The van der Waals surface area contributed by atoms with E-state index in [-0.39, 0.29) is 0 Å². The highest BCUT2D eigenvalue weighted by Crippen LogP contribution is 2.48. The van der Waals surface area contributed by atoms with Gasteiger partial charge in [0.15, 0.2) is 0 Å². The molecule has 0 spiro atoms.